The van der Waals surface area contributed by atoms with Gasteiger partial charge in [0.15, 0.2) is 5.65 Å². The van der Waals surface area contributed by atoms with Gasteiger partial charge in [0.2, 0.25) is 0 Å². The van der Waals surface area contributed by atoms with E-state index in [-0.39, 0.29) is 5.56 Å². The van der Waals surface area contributed by atoms with Gasteiger partial charge in [-0.3, -0.25) is 9.89 Å². The Morgan fingerprint density at radius 2 is 1.90 bits per heavy atom. The number of H-pyrrole nitrogens is 1. The van der Waals surface area contributed by atoms with Crippen molar-refractivity contribution in [2.75, 3.05) is 7.11 Å². The van der Waals surface area contributed by atoms with Crippen molar-refractivity contribution in [1.29, 1.82) is 0 Å². The largest absolute Gasteiger partial charge is 0.496 e. The van der Waals surface area contributed by atoms with E-state index in [1.807, 2.05) is 38.1 Å². The van der Waals surface area contributed by atoms with Crippen LogP contribution in [0.4, 0.5) is 0 Å². The van der Waals surface area contributed by atoms with E-state index in [4.69, 9.17) is 4.74 Å². The van der Waals surface area contributed by atoms with Gasteiger partial charge >= 0.3 is 0 Å². The third-order valence-electron chi connectivity index (χ3n) is 3.81. The van der Waals surface area contributed by atoms with Gasteiger partial charge in [0.25, 0.3) is 5.56 Å². The van der Waals surface area contributed by atoms with Crippen LogP contribution in [0.5, 0.6) is 5.75 Å². The first-order chi connectivity index (χ1) is 10.0. The summed E-state index contributed by atoms with van der Waals surface area (Å²) in [6.07, 6.45) is 0. The van der Waals surface area contributed by atoms with Crippen LogP contribution in [0.25, 0.3) is 16.8 Å². The molecule has 0 atom stereocenters. The van der Waals surface area contributed by atoms with Gasteiger partial charge in [-0.25, -0.2) is 9.50 Å². The highest BCUT2D eigenvalue weighted by molar-refractivity contribution is 5.83. The van der Waals surface area contributed by atoms with Crippen LogP contribution in [-0.4, -0.2) is 21.7 Å². The molecule has 21 heavy (non-hydrogen) atoms. The van der Waals surface area contributed by atoms with Crippen molar-refractivity contribution in [3.8, 4) is 16.9 Å². The van der Waals surface area contributed by atoms with Gasteiger partial charge in [-0.1, -0.05) is 18.2 Å². The fourth-order valence-electron chi connectivity index (χ4n) is 2.55. The average Bonchev–Trinajstić information content (AvgIpc) is 2.81. The van der Waals surface area contributed by atoms with Gasteiger partial charge in [-0.05, 0) is 26.8 Å². The van der Waals surface area contributed by atoms with Crippen LogP contribution in [0.1, 0.15) is 17.0 Å². The van der Waals surface area contributed by atoms with Crippen molar-refractivity contribution in [3.63, 3.8) is 0 Å². The zero-order valence-electron chi connectivity index (χ0n) is 12.5. The molecule has 0 aliphatic carbocycles. The molecule has 1 aromatic carbocycles. The number of benzene rings is 1. The SMILES string of the molecule is COc1ccccc1-c1c(C)[nH]n2c(=O)c(C)c(C)nc12. The summed E-state index contributed by atoms with van der Waals surface area (Å²) in [5.74, 6) is 0.759. The molecular weight excluding hydrogens is 266 g/mol. The molecule has 0 amide bonds. The van der Waals surface area contributed by atoms with Gasteiger partial charge in [0.05, 0.1) is 12.7 Å². The van der Waals surface area contributed by atoms with Crippen LogP contribution in [0.2, 0.25) is 0 Å². The summed E-state index contributed by atoms with van der Waals surface area (Å²) in [7, 11) is 1.64. The number of fused-ring (bicyclic) bond motifs is 1. The average molecular weight is 283 g/mol. The molecule has 5 heteroatoms. The Labute approximate surface area is 122 Å². The molecule has 3 rings (SSSR count). The van der Waals surface area contributed by atoms with E-state index in [0.717, 1.165) is 28.3 Å². The van der Waals surface area contributed by atoms with Crippen LogP contribution in [0.3, 0.4) is 0 Å². The third kappa shape index (κ3) is 1.93. The van der Waals surface area contributed by atoms with Crippen LogP contribution in [0, 0.1) is 20.8 Å². The first-order valence-electron chi connectivity index (χ1n) is 6.76. The highest BCUT2D eigenvalue weighted by Crippen LogP contribution is 2.33. The second-order valence-corrected chi connectivity index (χ2v) is 5.10. The second-order valence-electron chi connectivity index (χ2n) is 5.10. The molecule has 2 heterocycles. The minimum absolute atomic E-state index is 0.0678. The van der Waals surface area contributed by atoms with Gasteiger partial charge in [0.1, 0.15) is 5.75 Å². The molecule has 0 saturated carbocycles. The van der Waals surface area contributed by atoms with Crippen LogP contribution < -0.4 is 10.3 Å². The first-order valence-corrected chi connectivity index (χ1v) is 6.76. The summed E-state index contributed by atoms with van der Waals surface area (Å²) in [6.45, 7) is 5.57. The van der Waals surface area contributed by atoms with Crippen molar-refractivity contribution < 1.29 is 4.74 Å². The lowest BCUT2D eigenvalue weighted by Gasteiger charge is -2.08. The van der Waals surface area contributed by atoms with Crippen molar-refractivity contribution in [2.45, 2.75) is 20.8 Å². The van der Waals surface area contributed by atoms with E-state index < -0.39 is 0 Å². The highest BCUT2D eigenvalue weighted by Gasteiger charge is 2.18. The number of para-hydroxylation sites is 1. The van der Waals surface area contributed by atoms with Gasteiger partial charge < -0.3 is 4.74 Å². The summed E-state index contributed by atoms with van der Waals surface area (Å²) >= 11 is 0. The summed E-state index contributed by atoms with van der Waals surface area (Å²) in [5, 5.41) is 3.10. The molecule has 0 bridgehead atoms. The Bertz CT molecular complexity index is 890. The van der Waals surface area contributed by atoms with Crippen LogP contribution in [0.15, 0.2) is 29.1 Å². The quantitative estimate of drug-likeness (QED) is 0.786. The molecule has 0 aliphatic rings. The predicted molar refractivity (Wildman–Crippen MR) is 82.0 cm³/mol. The number of hydrogen-bond acceptors (Lipinski definition) is 3. The number of aromatic nitrogens is 3. The monoisotopic (exact) mass is 283 g/mol. The standard InChI is InChI=1S/C16H17N3O2/c1-9-10(2)17-15-14(11(3)18-19(15)16(9)20)12-7-5-6-8-13(12)21-4/h5-8,18H,1-4H3. The fraction of sp³-hybridized carbons (Fsp3) is 0.250. The molecule has 0 unspecified atom stereocenters. The molecule has 0 aliphatic heterocycles. The molecule has 0 fully saturated rings. The number of ether oxygens (including phenoxy) is 1. The molecule has 0 radical (unpaired) electrons. The number of aryl methyl sites for hydroxylation is 2. The summed E-state index contributed by atoms with van der Waals surface area (Å²) in [6, 6.07) is 7.73. The van der Waals surface area contributed by atoms with Crippen LogP contribution >= 0.6 is 0 Å². The van der Waals surface area contributed by atoms with Gasteiger partial charge in [-0.15, -0.1) is 0 Å². The van der Waals surface area contributed by atoms with Gasteiger partial charge in [-0.2, -0.15) is 0 Å². The lowest BCUT2D eigenvalue weighted by atomic mass is 10.0. The fourth-order valence-corrected chi connectivity index (χ4v) is 2.55. The highest BCUT2D eigenvalue weighted by atomic mass is 16.5. The zero-order chi connectivity index (χ0) is 15.1. The maximum Gasteiger partial charge on any atom is 0.275 e. The zero-order valence-corrected chi connectivity index (χ0v) is 12.5. The Kier molecular flexibility index (Phi) is 3.05. The maximum absolute atomic E-state index is 12.4. The number of hydrogen-bond donors (Lipinski definition) is 1. The van der Waals surface area contributed by atoms with E-state index in [1.54, 1.807) is 14.0 Å². The Balaban J connectivity index is 2.44. The minimum Gasteiger partial charge on any atom is -0.496 e. The van der Waals surface area contributed by atoms with E-state index in [9.17, 15) is 4.79 Å². The Morgan fingerprint density at radius 3 is 2.62 bits per heavy atom. The molecule has 108 valence electrons. The number of methoxy groups -OCH3 is 1. The predicted octanol–water partition coefficient (Wildman–Crippen LogP) is 2.62. The number of rotatable bonds is 2. The Hall–Kier alpha value is -2.56. The third-order valence-corrected chi connectivity index (χ3v) is 3.81. The lowest BCUT2D eigenvalue weighted by Crippen LogP contribution is -2.19. The molecular formula is C16H17N3O2. The van der Waals surface area contributed by atoms with Gasteiger partial charge in [0, 0.05) is 22.5 Å². The van der Waals surface area contributed by atoms with E-state index in [1.165, 1.54) is 4.52 Å². The molecule has 2 aromatic heterocycles. The summed E-state index contributed by atoms with van der Waals surface area (Å²) < 4.78 is 6.93. The minimum atomic E-state index is -0.0678. The molecule has 0 saturated heterocycles. The molecule has 1 N–H and O–H groups in total. The van der Waals surface area contributed by atoms with Crippen molar-refractivity contribution in [3.05, 3.63) is 51.6 Å². The van der Waals surface area contributed by atoms with Crippen molar-refractivity contribution in [2.24, 2.45) is 0 Å². The van der Waals surface area contributed by atoms with Crippen LogP contribution in [-0.2, 0) is 0 Å². The molecule has 0 spiro atoms. The summed E-state index contributed by atoms with van der Waals surface area (Å²) in [5.41, 5.74) is 4.66. The number of aromatic amines is 1. The molecule has 5 nitrogen and oxygen atoms in total. The van der Waals surface area contributed by atoms with Crippen molar-refractivity contribution in [1.82, 2.24) is 14.6 Å². The summed E-state index contributed by atoms with van der Waals surface area (Å²) in [4.78, 5) is 16.9. The van der Waals surface area contributed by atoms with E-state index in [0.29, 0.717) is 11.2 Å². The smallest absolute Gasteiger partial charge is 0.275 e. The topological polar surface area (TPSA) is 59.4 Å². The normalized spacial score (nSPS) is 11.0. The second kappa shape index (κ2) is 4.77. The van der Waals surface area contributed by atoms with E-state index in [2.05, 4.69) is 10.1 Å². The first kappa shape index (κ1) is 13.4. The van der Waals surface area contributed by atoms with E-state index >= 15 is 0 Å². The lowest BCUT2D eigenvalue weighted by molar-refractivity contribution is 0.416. The maximum atomic E-state index is 12.4. The van der Waals surface area contributed by atoms with Crippen molar-refractivity contribution >= 4 is 5.65 Å². The number of nitrogens with zero attached hydrogens (tertiary/aromatic N) is 2. The number of nitrogens with one attached hydrogen (secondary N) is 1. The molecule has 3 aromatic rings. The Morgan fingerprint density at radius 1 is 1.19 bits per heavy atom.